The molecule has 1 saturated carbocycles. The fourth-order valence-electron chi connectivity index (χ4n) is 5.25. The molecule has 1 fully saturated rings. The summed E-state index contributed by atoms with van der Waals surface area (Å²) in [5.41, 5.74) is 1.69. The number of hydrogen-bond acceptors (Lipinski definition) is 8. The van der Waals surface area contributed by atoms with Crippen molar-refractivity contribution in [3.05, 3.63) is 98.4 Å². The monoisotopic (exact) mass is 587 g/mol. The first-order valence-corrected chi connectivity index (χ1v) is 15.4. The number of hydrogen-bond donors (Lipinski definition) is 4. The number of aromatic nitrogens is 3. The molecule has 1 aromatic carbocycles. The molecule has 42 heavy (non-hydrogen) atoms. The molecule has 10 nitrogen and oxygen atoms in total. The number of allylic oxidation sites excluding steroid dienone is 6. The second kappa shape index (κ2) is 12.3. The van der Waals surface area contributed by atoms with E-state index >= 15 is 0 Å². The third-order valence-electron chi connectivity index (χ3n) is 7.54. The van der Waals surface area contributed by atoms with E-state index in [1.54, 1.807) is 36.4 Å². The van der Waals surface area contributed by atoms with E-state index in [1.165, 1.54) is 36.6 Å². The highest BCUT2D eigenvalue weighted by atomic mass is 32.2. The van der Waals surface area contributed by atoms with E-state index in [9.17, 15) is 23.4 Å². The highest BCUT2D eigenvalue weighted by molar-refractivity contribution is 7.93. The lowest BCUT2D eigenvalue weighted by Gasteiger charge is -2.20. The zero-order chi connectivity index (χ0) is 29.9. The Hall–Kier alpha value is -4.35. The number of phenols is 2. The van der Waals surface area contributed by atoms with Gasteiger partial charge in [0.05, 0.1) is 16.2 Å². The summed E-state index contributed by atoms with van der Waals surface area (Å²) in [5.74, 6) is -0.745. The predicted molar refractivity (Wildman–Crippen MR) is 161 cm³/mol. The SMILES string of the molecule is CC1CC(S(=O)(=O)NCCC=C2CCCC2)=CC=C1/C=C/c1cccc2c(=N)n(-c3c(O)cccc3O)c(=O)nc-2n1. The van der Waals surface area contributed by atoms with Crippen molar-refractivity contribution >= 4 is 16.1 Å². The lowest BCUT2D eigenvalue weighted by atomic mass is 9.93. The highest BCUT2D eigenvalue weighted by Gasteiger charge is 2.23. The first-order chi connectivity index (χ1) is 20.1. The minimum atomic E-state index is -3.56. The van der Waals surface area contributed by atoms with Gasteiger partial charge in [0.1, 0.15) is 22.7 Å². The second-order valence-electron chi connectivity index (χ2n) is 10.5. The molecule has 2 aliphatic carbocycles. The average molecular weight is 588 g/mol. The van der Waals surface area contributed by atoms with Crippen molar-refractivity contribution in [3.63, 3.8) is 0 Å². The van der Waals surface area contributed by atoms with Crippen LogP contribution in [0.5, 0.6) is 11.5 Å². The lowest BCUT2D eigenvalue weighted by Crippen LogP contribution is -2.35. The Balaban J connectivity index is 1.35. The van der Waals surface area contributed by atoms with Crippen molar-refractivity contribution in [1.82, 2.24) is 19.3 Å². The Bertz CT molecular complexity index is 1810. The second-order valence-corrected chi connectivity index (χ2v) is 12.3. The van der Waals surface area contributed by atoms with E-state index in [2.05, 4.69) is 20.8 Å². The number of para-hydroxylation sites is 1. The van der Waals surface area contributed by atoms with E-state index in [-0.39, 0.29) is 40.0 Å². The molecule has 0 saturated heterocycles. The molecule has 218 valence electrons. The van der Waals surface area contributed by atoms with Gasteiger partial charge < -0.3 is 10.2 Å². The van der Waals surface area contributed by atoms with Crippen molar-refractivity contribution in [2.45, 2.75) is 45.4 Å². The number of aromatic hydroxyl groups is 2. The summed E-state index contributed by atoms with van der Waals surface area (Å²) in [6, 6.07) is 8.99. The van der Waals surface area contributed by atoms with E-state index < -0.39 is 15.7 Å². The Kier molecular flexibility index (Phi) is 8.51. The van der Waals surface area contributed by atoms with Crippen LogP contribution in [0.1, 0.15) is 51.1 Å². The number of rotatable bonds is 8. The summed E-state index contributed by atoms with van der Waals surface area (Å²) in [5, 5.41) is 29.0. The summed E-state index contributed by atoms with van der Waals surface area (Å²) in [7, 11) is -3.56. The van der Waals surface area contributed by atoms with Crippen molar-refractivity contribution in [3.8, 4) is 28.6 Å². The maximum Gasteiger partial charge on any atom is 0.356 e. The van der Waals surface area contributed by atoms with Crippen molar-refractivity contribution in [2.24, 2.45) is 5.92 Å². The number of phenolic OH excluding ortho intramolecular Hbond substituents is 2. The number of nitrogens with zero attached hydrogens (tertiary/aromatic N) is 3. The molecule has 1 aromatic rings. The van der Waals surface area contributed by atoms with Crippen molar-refractivity contribution in [1.29, 1.82) is 5.41 Å². The number of sulfonamides is 1. The van der Waals surface area contributed by atoms with Crippen LogP contribution in [-0.2, 0) is 10.0 Å². The van der Waals surface area contributed by atoms with E-state index in [4.69, 9.17) is 5.41 Å². The summed E-state index contributed by atoms with van der Waals surface area (Å²) >= 11 is 0. The van der Waals surface area contributed by atoms with Crippen LogP contribution in [0.2, 0.25) is 0 Å². The van der Waals surface area contributed by atoms with Crippen molar-refractivity contribution in [2.75, 3.05) is 6.54 Å². The van der Waals surface area contributed by atoms with E-state index in [0.717, 1.165) is 23.0 Å². The zero-order valence-electron chi connectivity index (χ0n) is 23.2. The van der Waals surface area contributed by atoms with E-state index in [1.807, 2.05) is 13.0 Å². The molecule has 0 radical (unpaired) electrons. The molecular weight excluding hydrogens is 554 g/mol. The van der Waals surface area contributed by atoms with Crippen LogP contribution in [0.15, 0.2) is 81.5 Å². The van der Waals surface area contributed by atoms with Crippen LogP contribution in [0.4, 0.5) is 0 Å². The summed E-state index contributed by atoms with van der Waals surface area (Å²) in [6.45, 7) is 2.34. The third kappa shape index (κ3) is 6.27. The van der Waals surface area contributed by atoms with Gasteiger partial charge in [0, 0.05) is 6.54 Å². The fourth-order valence-corrected chi connectivity index (χ4v) is 6.54. The molecule has 11 heteroatoms. The maximum atomic E-state index is 12.9. The van der Waals surface area contributed by atoms with Gasteiger partial charge in [-0.15, -0.1) is 0 Å². The quantitative estimate of drug-likeness (QED) is 0.226. The lowest BCUT2D eigenvalue weighted by molar-refractivity contribution is 0.443. The Morgan fingerprint density at radius 1 is 1.05 bits per heavy atom. The Morgan fingerprint density at radius 2 is 1.76 bits per heavy atom. The molecule has 1 unspecified atom stereocenters. The molecule has 0 spiro atoms. The van der Waals surface area contributed by atoms with Gasteiger partial charge in [0.2, 0.25) is 10.0 Å². The van der Waals surface area contributed by atoms with Crippen molar-refractivity contribution < 1.29 is 18.6 Å². The normalized spacial score (nSPS) is 17.5. The van der Waals surface area contributed by atoms with Crippen LogP contribution in [-0.4, -0.2) is 39.7 Å². The molecule has 1 atom stereocenters. The smallest absolute Gasteiger partial charge is 0.356 e. The zero-order valence-corrected chi connectivity index (χ0v) is 24.1. The summed E-state index contributed by atoms with van der Waals surface area (Å²) < 4.78 is 29.2. The highest BCUT2D eigenvalue weighted by Crippen LogP contribution is 2.30. The molecule has 4 N–H and O–H groups in total. The average Bonchev–Trinajstić information content (AvgIpc) is 3.38. The standard InChI is InChI=1S/C31H33N5O5S/c1-20-19-24(42(40,41)33-18-6-9-21-7-2-3-8-21)17-15-22(20)14-16-23-10-4-11-25-29(32)36(31(39)35-30(25)34-23)28-26(37)12-5-13-27(28)38/h4-5,9-17,20,32-33,37-38H,2-3,6-8,18-19H2,1H3/b16-14+,32-29?. The molecule has 0 bridgehead atoms. The van der Waals surface area contributed by atoms with Gasteiger partial charge >= 0.3 is 5.69 Å². The minimum absolute atomic E-state index is 0.0365. The fraction of sp³-hybridized carbons (Fsp3) is 0.290. The molecular formula is C31H33N5O5S. The van der Waals surface area contributed by atoms with Gasteiger partial charge in [-0.1, -0.05) is 42.9 Å². The van der Waals surface area contributed by atoms with Crippen LogP contribution in [0.25, 0.3) is 23.2 Å². The number of benzene rings is 1. The van der Waals surface area contributed by atoms with Crippen LogP contribution in [0.3, 0.4) is 0 Å². The Morgan fingerprint density at radius 3 is 2.48 bits per heavy atom. The van der Waals surface area contributed by atoms with Crippen LogP contribution < -0.4 is 15.9 Å². The van der Waals surface area contributed by atoms with Gasteiger partial charge in [-0.2, -0.15) is 4.98 Å². The number of fused-ring (bicyclic) bond motifs is 1. The maximum absolute atomic E-state index is 12.9. The Labute approximate surface area is 244 Å². The third-order valence-corrected chi connectivity index (χ3v) is 9.12. The minimum Gasteiger partial charge on any atom is -0.506 e. The molecule has 4 aliphatic rings. The molecule has 0 amide bonds. The molecule has 2 aliphatic heterocycles. The van der Waals surface area contributed by atoms with Crippen LogP contribution >= 0.6 is 0 Å². The van der Waals surface area contributed by atoms with Gasteiger partial charge in [-0.25, -0.2) is 27.5 Å². The van der Waals surface area contributed by atoms with E-state index in [0.29, 0.717) is 30.0 Å². The molecule has 0 aromatic heterocycles. The van der Waals surface area contributed by atoms with Crippen LogP contribution in [0, 0.1) is 11.3 Å². The summed E-state index contributed by atoms with van der Waals surface area (Å²) in [6.07, 6.45) is 14.9. The predicted octanol–water partition coefficient (Wildman–Crippen LogP) is 4.30. The van der Waals surface area contributed by atoms with Gasteiger partial charge in [-0.05, 0) is 86.4 Å². The largest absolute Gasteiger partial charge is 0.506 e. The van der Waals surface area contributed by atoms with Gasteiger partial charge in [-0.3, -0.25) is 5.41 Å². The first kappa shape index (κ1) is 29.2. The first-order valence-electron chi connectivity index (χ1n) is 13.9. The number of nitrogens with one attached hydrogen (secondary N) is 2. The molecule has 2 heterocycles. The molecule has 5 rings (SSSR count). The topological polar surface area (TPSA) is 158 Å². The summed E-state index contributed by atoms with van der Waals surface area (Å²) in [4.78, 5) is 21.7. The van der Waals surface area contributed by atoms with Gasteiger partial charge in [0.15, 0.2) is 5.82 Å². The van der Waals surface area contributed by atoms with Gasteiger partial charge in [0.25, 0.3) is 0 Å².